The molecule has 0 aromatic heterocycles. The third-order valence-corrected chi connectivity index (χ3v) is 8.56. The lowest BCUT2D eigenvalue weighted by Gasteiger charge is -2.61. The van der Waals surface area contributed by atoms with E-state index in [1.54, 1.807) is 0 Å². The lowest BCUT2D eigenvalue weighted by molar-refractivity contribution is -0.0984. The summed E-state index contributed by atoms with van der Waals surface area (Å²) in [5.74, 6) is 0.295. The van der Waals surface area contributed by atoms with E-state index in [0.29, 0.717) is 22.8 Å². The first-order chi connectivity index (χ1) is 12.6. The molecule has 4 nitrogen and oxygen atoms in total. The van der Waals surface area contributed by atoms with Crippen LogP contribution in [0, 0.1) is 22.7 Å². The van der Waals surface area contributed by atoms with Crippen LogP contribution >= 0.6 is 0 Å². The fourth-order valence-corrected chi connectivity index (χ4v) is 7.45. The summed E-state index contributed by atoms with van der Waals surface area (Å²) in [5.41, 5.74) is 2.40. The third kappa shape index (κ3) is 2.31. The number of aromatic hydroxyl groups is 2. The molecule has 2 saturated carbocycles. The minimum absolute atomic E-state index is 0.0523. The topological polar surface area (TPSA) is 66.8 Å². The van der Waals surface area contributed by atoms with Crippen LogP contribution in [-0.2, 0) is 16.6 Å². The van der Waals surface area contributed by atoms with E-state index < -0.39 is 5.97 Å². The van der Waals surface area contributed by atoms with Crippen LogP contribution < -0.4 is 0 Å². The molecule has 27 heavy (non-hydrogen) atoms. The summed E-state index contributed by atoms with van der Waals surface area (Å²) >= 11 is 0. The highest BCUT2D eigenvalue weighted by Crippen LogP contribution is 2.68. The number of hydrogen-bond acceptors (Lipinski definition) is 4. The van der Waals surface area contributed by atoms with Crippen LogP contribution in [0.25, 0.3) is 0 Å². The van der Waals surface area contributed by atoms with Gasteiger partial charge in [-0.15, -0.1) is 0 Å². The number of benzene rings is 1. The van der Waals surface area contributed by atoms with Crippen molar-refractivity contribution in [2.24, 2.45) is 22.7 Å². The highest BCUT2D eigenvalue weighted by molar-refractivity contribution is 5.93. The van der Waals surface area contributed by atoms with Gasteiger partial charge in [0.2, 0.25) is 0 Å². The number of phenolic OH excluding ortho intramolecular Hbond substituents is 2. The van der Waals surface area contributed by atoms with Gasteiger partial charge in [0.1, 0.15) is 0 Å². The van der Waals surface area contributed by atoms with Crippen molar-refractivity contribution in [2.45, 2.75) is 71.6 Å². The highest BCUT2D eigenvalue weighted by atomic mass is 16.5. The van der Waals surface area contributed by atoms with E-state index in [-0.39, 0.29) is 22.3 Å². The molecule has 1 aromatic carbocycles. The number of phenols is 2. The van der Waals surface area contributed by atoms with Crippen LogP contribution in [0.4, 0.5) is 0 Å². The minimum atomic E-state index is -0.431. The number of carbonyl (C=O) groups is 1. The maximum atomic E-state index is 12.5. The van der Waals surface area contributed by atoms with Gasteiger partial charge in [0.25, 0.3) is 0 Å². The van der Waals surface area contributed by atoms with Crippen molar-refractivity contribution in [3.8, 4) is 11.5 Å². The molecule has 0 radical (unpaired) electrons. The molecule has 2 N–H and O–H groups in total. The van der Waals surface area contributed by atoms with E-state index in [2.05, 4.69) is 27.7 Å². The van der Waals surface area contributed by atoms with Gasteiger partial charge >= 0.3 is 5.97 Å². The zero-order valence-electron chi connectivity index (χ0n) is 17.2. The van der Waals surface area contributed by atoms with Gasteiger partial charge in [0.05, 0.1) is 12.7 Å². The number of carbonyl (C=O) groups excluding carboxylic acids is 1. The van der Waals surface area contributed by atoms with E-state index in [9.17, 15) is 15.0 Å². The van der Waals surface area contributed by atoms with E-state index in [4.69, 9.17) is 4.74 Å². The molecule has 1 aromatic rings. The number of fused-ring (bicyclic) bond motifs is 5. The van der Waals surface area contributed by atoms with Crippen molar-refractivity contribution in [1.82, 2.24) is 0 Å². The second kappa shape index (κ2) is 5.65. The van der Waals surface area contributed by atoms with Crippen molar-refractivity contribution >= 4 is 5.97 Å². The Labute approximate surface area is 161 Å². The van der Waals surface area contributed by atoms with Gasteiger partial charge in [-0.2, -0.15) is 0 Å². The number of methoxy groups -OCH3 is 1. The van der Waals surface area contributed by atoms with Crippen molar-refractivity contribution in [3.05, 3.63) is 22.8 Å². The van der Waals surface area contributed by atoms with Gasteiger partial charge in [0.15, 0.2) is 11.5 Å². The van der Waals surface area contributed by atoms with Crippen LogP contribution in [0.3, 0.4) is 0 Å². The maximum absolute atomic E-state index is 12.5. The summed E-state index contributed by atoms with van der Waals surface area (Å²) in [6.07, 6.45) is 6.54. The Morgan fingerprint density at radius 1 is 1.11 bits per heavy atom. The number of rotatable bonds is 1. The number of esters is 1. The average molecular weight is 373 g/mol. The SMILES string of the molecule is COC(=O)c1cc(O)c(O)c2c1[C@]1(C)CCC3C(C)(C)CCC[C@]3(C)[C@H]1C2. The Morgan fingerprint density at radius 2 is 1.81 bits per heavy atom. The van der Waals surface area contributed by atoms with Gasteiger partial charge in [-0.05, 0) is 71.8 Å². The van der Waals surface area contributed by atoms with E-state index in [1.807, 2.05) is 0 Å². The van der Waals surface area contributed by atoms with Crippen molar-refractivity contribution in [3.63, 3.8) is 0 Å². The fourth-order valence-electron chi connectivity index (χ4n) is 7.45. The molecule has 3 aliphatic rings. The monoisotopic (exact) mass is 372 g/mol. The lowest BCUT2D eigenvalue weighted by atomic mass is 9.43. The summed E-state index contributed by atoms with van der Waals surface area (Å²) in [6, 6.07) is 1.40. The minimum Gasteiger partial charge on any atom is -0.504 e. The largest absolute Gasteiger partial charge is 0.504 e. The highest BCUT2D eigenvalue weighted by Gasteiger charge is 2.62. The predicted molar refractivity (Wildman–Crippen MR) is 104 cm³/mol. The lowest BCUT2D eigenvalue weighted by Crippen LogP contribution is -2.55. The standard InChI is InChI=1S/C23H32O4/c1-21(2)8-6-9-22(3)16(21)7-10-23(4)17(22)12-13-18(23)14(20(26)27-5)11-15(24)19(13)25/h11,16-17,24-25H,6-10,12H2,1-5H3/t16?,17-,22+,23-/m1/s1. The van der Waals surface area contributed by atoms with Gasteiger partial charge in [0, 0.05) is 5.56 Å². The molecule has 3 aliphatic carbocycles. The Kier molecular flexibility index (Phi) is 3.90. The molecular formula is C23H32O4. The third-order valence-electron chi connectivity index (χ3n) is 8.56. The van der Waals surface area contributed by atoms with Gasteiger partial charge < -0.3 is 14.9 Å². The number of hydrogen-bond donors (Lipinski definition) is 2. The van der Waals surface area contributed by atoms with Gasteiger partial charge in [-0.3, -0.25) is 0 Å². The molecule has 0 aliphatic heterocycles. The summed E-state index contributed by atoms with van der Waals surface area (Å²) < 4.78 is 5.01. The Bertz CT molecular complexity index is 811. The molecule has 4 heteroatoms. The smallest absolute Gasteiger partial charge is 0.338 e. The first-order valence-electron chi connectivity index (χ1n) is 10.2. The average Bonchev–Trinajstić information content (AvgIpc) is 2.91. The first kappa shape index (κ1) is 18.6. The molecule has 0 amide bonds. The molecule has 0 bridgehead atoms. The van der Waals surface area contributed by atoms with Crippen LogP contribution in [0.15, 0.2) is 6.07 Å². The second-order valence-corrected chi connectivity index (χ2v) is 10.3. The zero-order valence-corrected chi connectivity index (χ0v) is 17.2. The van der Waals surface area contributed by atoms with E-state index in [1.165, 1.54) is 32.4 Å². The Morgan fingerprint density at radius 3 is 2.48 bits per heavy atom. The predicted octanol–water partition coefficient (Wildman–Crippen LogP) is 4.94. The summed E-state index contributed by atoms with van der Waals surface area (Å²) in [5, 5.41) is 20.9. The fraction of sp³-hybridized carbons (Fsp3) is 0.696. The summed E-state index contributed by atoms with van der Waals surface area (Å²) in [4.78, 5) is 12.5. The molecule has 4 atom stereocenters. The van der Waals surface area contributed by atoms with E-state index >= 15 is 0 Å². The van der Waals surface area contributed by atoms with Crippen LogP contribution in [0.2, 0.25) is 0 Å². The molecule has 148 valence electrons. The normalized spacial score (nSPS) is 36.5. The van der Waals surface area contributed by atoms with Gasteiger partial charge in [-0.25, -0.2) is 4.79 Å². The molecule has 0 heterocycles. The molecule has 0 spiro atoms. The molecular weight excluding hydrogens is 340 g/mol. The Hall–Kier alpha value is -1.71. The molecule has 0 saturated heterocycles. The van der Waals surface area contributed by atoms with Crippen molar-refractivity contribution in [1.29, 1.82) is 0 Å². The maximum Gasteiger partial charge on any atom is 0.338 e. The quantitative estimate of drug-likeness (QED) is 0.541. The summed E-state index contributed by atoms with van der Waals surface area (Å²) in [6.45, 7) is 9.50. The van der Waals surface area contributed by atoms with Gasteiger partial charge in [-0.1, -0.05) is 34.1 Å². The second-order valence-electron chi connectivity index (χ2n) is 10.3. The number of ether oxygens (including phenoxy) is 1. The van der Waals surface area contributed by atoms with Crippen LogP contribution in [0.1, 0.15) is 81.3 Å². The summed E-state index contributed by atoms with van der Waals surface area (Å²) in [7, 11) is 1.37. The molecule has 4 rings (SSSR count). The first-order valence-corrected chi connectivity index (χ1v) is 10.2. The van der Waals surface area contributed by atoms with Crippen molar-refractivity contribution in [2.75, 3.05) is 7.11 Å². The Balaban J connectivity index is 1.90. The molecule has 1 unspecified atom stereocenters. The van der Waals surface area contributed by atoms with Crippen LogP contribution in [-0.4, -0.2) is 23.3 Å². The van der Waals surface area contributed by atoms with Crippen LogP contribution in [0.5, 0.6) is 11.5 Å². The van der Waals surface area contributed by atoms with E-state index in [0.717, 1.165) is 30.4 Å². The zero-order chi connectivity index (χ0) is 19.8. The molecule has 2 fully saturated rings. The van der Waals surface area contributed by atoms with Crippen molar-refractivity contribution < 1.29 is 19.7 Å².